The largest absolute Gasteiger partial charge is 0.298 e. The fraction of sp³-hybridized carbons (Fsp3) is 0. The molecule has 0 spiro atoms. The summed E-state index contributed by atoms with van der Waals surface area (Å²) in [5, 5.41) is 7.06. The van der Waals surface area contributed by atoms with E-state index in [4.69, 9.17) is 0 Å². The first kappa shape index (κ1) is 11.2. The topological polar surface area (TPSA) is 17.1 Å². The third kappa shape index (κ3) is 1.47. The molecule has 0 heterocycles. The van der Waals surface area contributed by atoms with Crippen molar-refractivity contribution in [2.24, 2.45) is 0 Å². The first-order valence-corrected chi connectivity index (χ1v) is 6.67. The molecule has 0 aromatic heterocycles. The highest BCUT2D eigenvalue weighted by atomic mass is 16.1. The van der Waals surface area contributed by atoms with Gasteiger partial charge >= 0.3 is 0 Å². The van der Waals surface area contributed by atoms with Crippen molar-refractivity contribution in [1.29, 1.82) is 0 Å². The molecule has 20 heavy (non-hydrogen) atoms. The SMILES string of the molecule is O=Cc1cccc2c1ccc1ccc3ccccc3c12. The van der Waals surface area contributed by atoms with E-state index >= 15 is 0 Å². The van der Waals surface area contributed by atoms with E-state index < -0.39 is 0 Å². The normalized spacial score (nSPS) is 11.2. The third-order valence-electron chi connectivity index (χ3n) is 3.93. The quantitative estimate of drug-likeness (QED) is 0.347. The van der Waals surface area contributed by atoms with E-state index in [0.717, 1.165) is 22.6 Å². The Balaban J connectivity index is 2.34. The first-order valence-electron chi connectivity index (χ1n) is 6.67. The van der Waals surface area contributed by atoms with Gasteiger partial charge in [-0.05, 0) is 32.3 Å². The van der Waals surface area contributed by atoms with E-state index in [1.807, 2.05) is 18.2 Å². The number of carbonyl (C=O) groups is 1. The molecule has 0 aliphatic heterocycles. The molecule has 1 heteroatoms. The van der Waals surface area contributed by atoms with Crippen LogP contribution in [-0.2, 0) is 0 Å². The average molecular weight is 256 g/mol. The molecule has 0 amide bonds. The van der Waals surface area contributed by atoms with Crippen LogP contribution in [0.1, 0.15) is 10.4 Å². The smallest absolute Gasteiger partial charge is 0.150 e. The predicted octanol–water partition coefficient (Wildman–Crippen LogP) is 4.96. The van der Waals surface area contributed by atoms with Crippen LogP contribution in [0.3, 0.4) is 0 Å². The number of aldehydes is 1. The second-order valence-corrected chi connectivity index (χ2v) is 5.01. The molecule has 0 aliphatic rings. The van der Waals surface area contributed by atoms with Gasteiger partial charge in [-0.3, -0.25) is 4.79 Å². The zero-order chi connectivity index (χ0) is 13.5. The van der Waals surface area contributed by atoms with E-state index in [2.05, 4.69) is 48.5 Å². The zero-order valence-corrected chi connectivity index (χ0v) is 10.8. The third-order valence-corrected chi connectivity index (χ3v) is 3.93. The number of hydrogen-bond acceptors (Lipinski definition) is 1. The summed E-state index contributed by atoms with van der Waals surface area (Å²) >= 11 is 0. The van der Waals surface area contributed by atoms with Crippen LogP contribution in [0.25, 0.3) is 32.3 Å². The standard InChI is InChI=1S/C19H12O/c20-12-15-5-3-7-18-16(15)11-10-14-9-8-13-4-1-2-6-17(13)19(14)18/h1-12H. The van der Waals surface area contributed by atoms with Crippen molar-refractivity contribution in [3.63, 3.8) is 0 Å². The Kier molecular flexibility index (Phi) is 2.33. The number of hydrogen-bond donors (Lipinski definition) is 0. The minimum atomic E-state index is 0.748. The maximum Gasteiger partial charge on any atom is 0.150 e. The summed E-state index contributed by atoms with van der Waals surface area (Å²) in [6.07, 6.45) is 0.930. The molecule has 94 valence electrons. The molecule has 0 fully saturated rings. The maximum atomic E-state index is 11.2. The van der Waals surface area contributed by atoms with E-state index in [-0.39, 0.29) is 0 Å². The lowest BCUT2D eigenvalue weighted by atomic mass is 9.95. The van der Waals surface area contributed by atoms with Gasteiger partial charge in [0.25, 0.3) is 0 Å². The van der Waals surface area contributed by atoms with Crippen LogP contribution in [0.4, 0.5) is 0 Å². The van der Waals surface area contributed by atoms with Crippen LogP contribution < -0.4 is 0 Å². The van der Waals surface area contributed by atoms with Gasteiger partial charge in [0.05, 0.1) is 0 Å². The van der Waals surface area contributed by atoms with Crippen LogP contribution in [0, 0.1) is 0 Å². The van der Waals surface area contributed by atoms with E-state index in [9.17, 15) is 4.79 Å². The van der Waals surface area contributed by atoms with Gasteiger partial charge in [-0.15, -0.1) is 0 Å². The minimum Gasteiger partial charge on any atom is -0.298 e. The van der Waals surface area contributed by atoms with Crippen LogP contribution >= 0.6 is 0 Å². The number of fused-ring (bicyclic) bond motifs is 5. The summed E-state index contributed by atoms with van der Waals surface area (Å²) in [6, 6.07) is 22.7. The predicted molar refractivity (Wildman–Crippen MR) is 84.3 cm³/mol. The van der Waals surface area contributed by atoms with Crippen molar-refractivity contribution in [2.45, 2.75) is 0 Å². The number of benzene rings is 4. The molecular formula is C19H12O. The Hall–Kier alpha value is -2.67. The summed E-state index contributed by atoms with van der Waals surface area (Å²) in [5.41, 5.74) is 0.748. The van der Waals surface area contributed by atoms with Crippen molar-refractivity contribution < 1.29 is 4.79 Å². The van der Waals surface area contributed by atoms with Crippen LogP contribution in [0.2, 0.25) is 0 Å². The van der Waals surface area contributed by atoms with Crippen LogP contribution in [0.5, 0.6) is 0 Å². The average Bonchev–Trinajstić information content (AvgIpc) is 2.53. The summed E-state index contributed by atoms with van der Waals surface area (Å²) < 4.78 is 0. The number of rotatable bonds is 1. The number of carbonyl (C=O) groups excluding carboxylic acids is 1. The lowest BCUT2D eigenvalue weighted by Gasteiger charge is -2.09. The Morgan fingerprint density at radius 2 is 1.35 bits per heavy atom. The maximum absolute atomic E-state index is 11.2. The van der Waals surface area contributed by atoms with Crippen molar-refractivity contribution >= 4 is 38.6 Å². The highest BCUT2D eigenvalue weighted by Gasteiger charge is 2.07. The molecule has 4 rings (SSSR count). The van der Waals surface area contributed by atoms with Crippen molar-refractivity contribution in [1.82, 2.24) is 0 Å². The fourth-order valence-electron chi connectivity index (χ4n) is 2.99. The second kappa shape index (κ2) is 4.17. The molecule has 0 aliphatic carbocycles. The lowest BCUT2D eigenvalue weighted by Crippen LogP contribution is -1.85. The fourth-order valence-corrected chi connectivity index (χ4v) is 2.99. The zero-order valence-electron chi connectivity index (χ0n) is 10.8. The second-order valence-electron chi connectivity index (χ2n) is 5.01. The highest BCUT2D eigenvalue weighted by molar-refractivity contribution is 6.21. The highest BCUT2D eigenvalue weighted by Crippen LogP contribution is 2.32. The van der Waals surface area contributed by atoms with Crippen molar-refractivity contribution in [3.05, 3.63) is 72.3 Å². The van der Waals surface area contributed by atoms with Crippen LogP contribution in [0.15, 0.2) is 66.7 Å². The van der Waals surface area contributed by atoms with E-state index in [1.165, 1.54) is 21.5 Å². The summed E-state index contributed by atoms with van der Waals surface area (Å²) in [7, 11) is 0. The molecule has 0 radical (unpaired) electrons. The van der Waals surface area contributed by atoms with Gasteiger partial charge in [0.15, 0.2) is 6.29 Å². The van der Waals surface area contributed by atoms with E-state index in [0.29, 0.717) is 0 Å². The Bertz CT molecular complexity index is 967. The molecule has 4 aromatic rings. The van der Waals surface area contributed by atoms with Gasteiger partial charge in [-0.2, -0.15) is 0 Å². The lowest BCUT2D eigenvalue weighted by molar-refractivity contribution is 0.112. The van der Waals surface area contributed by atoms with Gasteiger partial charge in [-0.1, -0.05) is 66.7 Å². The van der Waals surface area contributed by atoms with Crippen molar-refractivity contribution in [3.8, 4) is 0 Å². The molecule has 1 nitrogen and oxygen atoms in total. The van der Waals surface area contributed by atoms with Gasteiger partial charge in [0, 0.05) is 5.56 Å². The monoisotopic (exact) mass is 256 g/mol. The molecule has 0 saturated heterocycles. The van der Waals surface area contributed by atoms with Gasteiger partial charge in [-0.25, -0.2) is 0 Å². The van der Waals surface area contributed by atoms with E-state index in [1.54, 1.807) is 0 Å². The first-order chi connectivity index (χ1) is 9.88. The summed E-state index contributed by atoms with van der Waals surface area (Å²) in [5.74, 6) is 0. The Morgan fingerprint density at radius 3 is 2.25 bits per heavy atom. The minimum absolute atomic E-state index is 0.748. The van der Waals surface area contributed by atoms with Gasteiger partial charge < -0.3 is 0 Å². The molecule has 0 atom stereocenters. The molecule has 0 saturated carbocycles. The van der Waals surface area contributed by atoms with Crippen LogP contribution in [-0.4, -0.2) is 6.29 Å². The van der Waals surface area contributed by atoms with Gasteiger partial charge in [0.2, 0.25) is 0 Å². The molecular weight excluding hydrogens is 244 g/mol. The van der Waals surface area contributed by atoms with Crippen molar-refractivity contribution in [2.75, 3.05) is 0 Å². The molecule has 4 aromatic carbocycles. The molecule has 0 N–H and O–H groups in total. The van der Waals surface area contributed by atoms with Gasteiger partial charge in [0.1, 0.15) is 0 Å². The molecule has 0 unspecified atom stereocenters. The summed E-state index contributed by atoms with van der Waals surface area (Å²) in [6.45, 7) is 0. The Morgan fingerprint density at radius 1 is 0.600 bits per heavy atom. The molecule has 0 bridgehead atoms. The Labute approximate surface area is 116 Å². The summed E-state index contributed by atoms with van der Waals surface area (Å²) in [4.78, 5) is 11.2.